The molecule has 0 saturated heterocycles. The van der Waals surface area contributed by atoms with Crippen molar-refractivity contribution in [2.75, 3.05) is 6.61 Å². The number of amides is 1. The third kappa shape index (κ3) is 4.32. The summed E-state index contributed by atoms with van der Waals surface area (Å²) in [5, 5.41) is 0. The van der Waals surface area contributed by atoms with E-state index in [2.05, 4.69) is 0 Å². The molecule has 0 aliphatic carbocycles. The summed E-state index contributed by atoms with van der Waals surface area (Å²) in [6.45, 7) is 6.29. The molecule has 0 spiro atoms. The molecule has 0 fully saturated rings. The Morgan fingerprint density at radius 3 is 2.30 bits per heavy atom. The zero-order valence-electron chi connectivity index (χ0n) is 6.76. The van der Waals surface area contributed by atoms with Crippen molar-refractivity contribution in [2.45, 2.75) is 26.9 Å². The standard InChI is InChI=1S/C7H15NO2/c1-5(2)4-10-6(3)7(8)9/h5-6H,4H2,1-3H3,(H2,8,9)/t6-/m0/s1. The van der Waals surface area contributed by atoms with Gasteiger partial charge in [-0.05, 0) is 12.8 Å². The molecule has 0 aliphatic heterocycles. The molecule has 0 unspecified atom stereocenters. The normalized spacial score (nSPS) is 13.6. The number of carbonyl (C=O) groups excluding carboxylic acids is 1. The Balaban J connectivity index is 3.40. The van der Waals surface area contributed by atoms with Crippen LogP contribution in [0.15, 0.2) is 0 Å². The largest absolute Gasteiger partial charge is 0.368 e. The number of rotatable bonds is 4. The van der Waals surface area contributed by atoms with Crippen LogP contribution in [0.5, 0.6) is 0 Å². The Labute approximate surface area is 61.5 Å². The fourth-order valence-corrected chi connectivity index (χ4v) is 0.419. The summed E-state index contributed by atoms with van der Waals surface area (Å²) in [6, 6.07) is 0. The van der Waals surface area contributed by atoms with Crippen LogP contribution in [-0.2, 0) is 9.53 Å². The molecule has 60 valence electrons. The molecule has 0 heterocycles. The average Bonchev–Trinajstić information content (AvgIpc) is 1.82. The van der Waals surface area contributed by atoms with Crippen molar-refractivity contribution in [1.29, 1.82) is 0 Å². The predicted molar refractivity (Wildman–Crippen MR) is 39.4 cm³/mol. The highest BCUT2D eigenvalue weighted by Gasteiger charge is 2.08. The van der Waals surface area contributed by atoms with E-state index in [0.717, 1.165) is 0 Å². The van der Waals surface area contributed by atoms with Gasteiger partial charge in [0.2, 0.25) is 5.91 Å². The van der Waals surface area contributed by atoms with Crippen molar-refractivity contribution in [2.24, 2.45) is 11.7 Å². The molecule has 1 atom stereocenters. The van der Waals surface area contributed by atoms with E-state index >= 15 is 0 Å². The minimum atomic E-state index is -0.456. The second-order valence-corrected chi connectivity index (χ2v) is 2.77. The van der Waals surface area contributed by atoms with Crippen LogP contribution < -0.4 is 5.73 Å². The van der Waals surface area contributed by atoms with Gasteiger partial charge >= 0.3 is 0 Å². The number of carbonyl (C=O) groups is 1. The van der Waals surface area contributed by atoms with Gasteiger partial charge < -0.3 is 10.5 Å². The number of nitrogens with two attached hydrogens (primary N) is 1. The monoisotopic (exact) mass is 145 g/mol. The zero-order chi connectivity index (χ0) is 8.15. The summed E-state index contributed by atoms with van der Waals surface area (Å²) in [5.74, 6) is 0.0439. The average molecular weight is 145 g/mol. The predicted octanol–water partition coefficient (Wildman–Crippen LogP) is 0.533. The van der Waals surface area contributed by atoms with Crippen LogP contribution in [0.3, 0.4) is 0 Å². The van der Waals surface area contributed by atoms with E-state index in [9.17, 15) is 4.79 Å². The maximum absolute atomic E-state index is 10.4. The third-order valence-corrected chi connectivity index (χ3v) is 1.08. The molecule has 2 N–H and O–H groups in total. The van der Waals surface area contributed by atoms with Gasteiger partial charge in [-0.3, -0.25) is 4.79 Å². The molecule has 10 heavy (non-hydrogen) atoms. The molecule has 0 bridgehead atoms. The van der Waals surface area contributed by atoms with Crippen molar-refractivity contribution < 1.29 is 9.53 Å². The molecule has 0 aromatic heterocycles. The van der Waals surface area contributed by atoms with Crippen molar-refractivity contribution in [3.63, 3.8) is 0 Å². The summed E-state index contributed by atoms with van der Waals surface area (Å²) in [6.07, 6.45) is -0.456. The van der Waals surface area contributed by atoms with Gasteiger partial charge in [-0.25, -0.2) is 0 Å². The van der Waals surface area contributed by atoms with Gasteiger partial charge in [0, 0.05) is 6.61 Å². The van der Waals surface area contributed by atoms with Gasteiger partial charge in [-0.15, -0.1) is 0 Å². The van der Waals surface area contributed by atoms with Gasteiger partial charge in [0.15, 0.2) is 0 Å². The minimum absolute atomic E-state index is 0.402. The van der Waals surface area contributed by atoms with E-state index in [1.54, 1.807) is 6.92 Å². The SMILES string of the molecule is CC(C)CO[C@@H](C)C(N)=O. The Morgan fingerprint density at radius 2 is 2.00 bits per heavy atom. The fourth-order valence-electron chi connectivity index (χ4n) is 0.419. The van der Waals surface area contributed by atoms with E-state index in [-0.39, 0.29) is 0 Å². The molecule has 1 amide bonds. The highest BCUT2D eigenvalue weighted by Crippen LogP contribution is 1.96. The van der Waals surface area contributed by atoms with Gasteiger partial charge in [-0.1, -0.05) is 13.8 Å². The van der Waals surface area contributed by atoms with Crippen molar-refractivity contribution >= 4 is 5.91 Å². The first-order chi connectivity index (χ1) is 4.54. The molecule has 0 aromatic rings. The lowest BCUT2D eigenvalue weighted by molar-refractivity contribution is -0.128. The molecule has 0 radical (unpaired) electrons. The van der Waals surface area contributed by atoms with Crippen molar-refractivity contribution in [1.82, 2.24) is 0 Å². The van der Waals surface area contributed by atoms with E-state index < -0.39 is 12.0 Å². The van der Waals surface area contributed by atoms with E-state index in [0.29, 0.717) is 12.5 Å². The number of primary amides is 1. The van der Waals surface area contributed by atoms with Gasteiger partial charge in [0.25, 0.3) is 0 Å². The van der Waals surface area contributed by atoms with Gasteiger partial charge in [0.1, 0.15) is 6.10 Å². The van der Waals surface area contributed by atoms with E-state index in [1.807, 2.05) is 13.8 Å². The van der Waals surface area contributed by atoms with Crippen LogP contribution in [0.4, 0.5) is 0 Å². The molecular weight excluding hydrogens is 130 g/mol. The Morgan fingerprint density at radius 1 is 1.50 bits per heavy atom. The summed E-state index contributed by atoms with van der Waals surface area (Å²) in [7, 11) is 0. The van der Waals surface area contributed by atoms with Crippen LogP contribution >= 0.6 is 0 Å². The zero-order valence-corrected chi connectivity index (χ0v) is 6.76. The summed E-state index contributed by atoms with van der Waals surface area (Å²) < 4.78 is 5.09. The summed E-state index contributed by atoms with van der Waals surface area (Å²) in [5.41, 5.74) is 4.96. The lowest BCUT2D eigenvalue weighted by Crippen LogP contribution is -2.29. The molecule has 0 aromatic carbocycles. The molecule has 0 saturated carbocycles. The van der Waals surface area contributed by atoms with E-state index in [4.69, 9.17) is 10.5 Å². The van der Waals surface area contributed by atoms with E-state index in [1.165, 1.54) is 0 Å². The minimum Gasteiger partial charge on any atom is -0.368 e. The first-order valence-electron chi connectivity index (χ1n) is 3.45. The fraction of sp³-hybridized carbons (Fsp3) is 0.857. The number of hydrogen-bond acceptors (Lipinski definition) is 2. The molecule has 0 aliphatic rings. The maximum atomic E-state index is 10.4. The van der Waals surface area contributed by atoms with Crippen LogP contribution in [0, 0.1) is 5.92 Å². The first kappa shape index (κ1) is 9.43. The molecule has 0 rings (SSSR count). The highest BCUT2D eigenvalue weighted by atomic mass is 16.5. The first-order valence-corrected chi connectivity index (χ1v) is 3.45. The van der Waals surface area contributed by atoms with Crippen LogP contribution in [0.25, 0.3) is 0 Å². The molecule has 3 heteroatoms. The lowest BCUT2D eigenvalue weighted by atomic mass is 10.2. The second-order valence-electron chi connectivity index (χ2n) is 2.77. The van der Waals surface area contributed by atoms with Gasteiger partial charge in [0.05, 0.1) is 0 Å². The third-order valence-electron chi connectivity index (χ3n) is 1.08. The Kier molecular flexibility index (Phi) is 4.03. The quantitative estimate of drug-likeness (QED) is 0.627. The topological polar surface area (TPSA) is 52.3 Å². The lowest BCUT2D eigenvalue weighted by Gasteiger charge is -2.10. The van der Waals surface area contributed by atoms with Crippen LogP contribution in [0.1, 0.15) is 20.8 Å². The van der Waals surface area contributed by atoms with Crippen molar-refractivity contribution in [3.8, 4) is 0 Å². The summed E-state index contributed by atoms with van der Waals surface area (Å²) >= 11 is 0. The van der Waals surface area contributed by atoms with Crippen molar-refractivity contribution in [3.05, 3.63) is 0 Å². The Hall–Kier alpha value is -0.570. The number of hydrogen-bond donors (Lipinski definition) is 1. The number of ether oxygens (including phenoxy) is 1. The molecular formula is C7H15NO2. The van der Waals surface area contributed by atoms with Crippen LogP contribution in [0.2, 0.25) is 0 Å². The second kappa shape index (κ2) is 4.28. The summed E-state index contributed by atoms with van der Waals surface area (Å²) in [4.78, 5) is 10.4. The smallest absolute Gasteiger partial charge is 0.246 e. The molecule has 3 nitrogen and oxygen atoms in total. The Bertz CT molecular complexity index is 112. The van der Waals surface area contributed by atoms with Crippen LogP contribution in [-0.4, -0.2) is 18.6 Å². The highest BCUT2D eigenvalue weighted by molar-refractivity contribution is 5.78. The maximum Gasteiger partial charge on any atom is 0.246 e. The van der Waals surface area contributed by atoms with Gasteiger partial charge in [-0.2, -0.15) is 0 Å².